The Hall–Kier alpha value is -2.73. The van der Waals surface area contributed by atoms with E-state index in [0.29, 0.717) is 26.0 Å². The van der Waals surface area contributed by atoms with E-state index in [4.69, 9.17) is 9.47 Å². The van der Waals surface area contributed by atoms with Crippen molar-refractivity contribution >= 4 is 11.6 Å². The maximum absolute atomic E-state index is 12.0. The van der Waals surface area contributed by atoms with Crippen LogP contribution in [0.1, 0.15) is 12.8 Å². The fourth-order valence-corrected chi connectivity index (χ4v) is 3.41. The first-order valence-corrected chi connectivity index (χ1v) is 10.3. The Morgan fingerprint density at radius 3 is 2.34 bits per heavy atom. The van der Waals surface area contributed by atoms with Gasteiger partial charge in [0, 0.05) is 51.4 Å². The fraction of sp³-hybridized carbons (Fsp3) is 0.435. The zero-order valence-corrected chi connectivity index (χ0v) is 17.2. The first-order chi connectivity index (χ1) is 14.2. The molecule has 0 aromatic heterocycles. The van der Waals surface area contributed by atoms with Gasteiger partial charge in [0.15, 0.2) is 0 Å². The highest BCUT2D eigenvalue weighted by Crippen LogP contribution is 2.17. The number of piperazine rings is 1. The van der Waals surface area contributed by atoms with E-state index in [2.05, 4.69) is 39.4 Å². The number of amides is 1. The predicted molar refractivity (Wildman–Crippen MR) is 116 cm³/mol. The molecule has 6 nitrogen and oxygen atoms in total. The zero-order chi connectivity index (χ0) is 20.3. The van der Waals surface area contributed by atoms with Gasteiger partial charge in [-0.1, -0.05) is 18.2 Å². The van der Waals surface area contributed by atoms with Crippen LogP contribution in [-0.4, -0.2) is 63.8 Å². The van der Waals surface area contributed by atoms with Gasteiger partial charge in [-0.15, -0.1) is 0 Å². The molecule has 0 radical (unpaired) electrons. The molecule has 1 fully saturated rings. The first-order valence-electron chi connectivity index (χ1n) is 10.3. The Morgan fingerprint density at radius 2 is 1.66 bits per heavy atom. The van der Waals surface area contributed by atoms with Gasteiger partial charge < -0.3 is 19.7 Å². The number of carbonyl (C=O) groups excluding carboxylic acids is 1. The maximum atomic E-state index is 12.0. The van der Waals surface area contributed by atoms with Gasteiger partial charge in [-0.05, 0) is 42.8 Å². The van der Waals surface area contributed by atoms with Crippen molar-refractivity contribution in [2.75, 3.05) is 57.9 Å². The van der Waals surface area contributed by atoms with Crippen molar-refractivity contribution in [1.82, 2.24) is 10.2 Å². The van der Waals surface area contributed by atoms with Gasteiger partial charge in [0.1, 0.15) is 11.5 Å². The summed E-state index contributed by atoms with van der Waals surface area (Å²) in [6.45, 7) is 6.24. The average Bonchev–Trinajstić information content (AvgIpc) is 2.78. The summed E-state index contributed by atoms with van der Waals surface area (Å²) in [6.07, 6.45) is 1.19. The Bertz CT molecular complexity index is 729. The molecule has 1 N–H and O–H groups in total. The molecule has 2 aromatic rings. The molecule has 0 saturated carbocycles. The summed E-state index contributed by atoms with van der Waals surface area (Å²) in [6, 6.07) is 18.0. The van der Waals surface area contributed by atoms with Crippen LogP contribution in [-0.2, 0) is 4.79 Å². The van der Waals surface area contributed by atoms with Crippen LogP contribution in [0.15, 0.2) is 54.6 Å². The van der Waals surface area contributed by atoms with E-state index in [1.807, 2.05) is 30.3 Å². The van der Waals surface area contributed by atoms with E-state index >= 15 is 0 Å². The predicted octanol–water partition coefficient (Wildman–Crippen LogP) is 2.79. The Labute approximate surface area is 173 Å². The van der Waals surface area contributed by atoms with Gasteiger partial charge in [-0.2, -0.15) is 0 Å². The van der Waals surface area contributed by atoms with E-state index < -0.39 is 0 Å². The molecule has 1 saturated heterocycles. The van der Waals surface area contributed by atoms with Crippen molar-refractivity contribution in [3.63, 3.8) is 0 Å². The van der Waals surface area contributed by atoms with E-state index in [-0.39, 0.29) is 5.91 Å². The van der Waals surface area contributed by atoms with Crippen LogP contribution in [0, 0.1) is 0 Å². The zero-order valence-electron chi connectivity index (χ0n) is 17.2. The number of rotatable bonds is 10. The number of carbonyl (C=O) groups is 1. The lowest BCUT2D eigenvalue weighted by Gasteiger charge is -2.36. The molecule has 1 aliphatic heterocycles. The van der Waals surface area contributed by atoms with Crippen molar-refractivity contribution in [3.05, 3.63) is 54.6 Å². The van der Waals surface area contributed by atoms with Crippen LogP contribution >= 0.6 is 0 Å². The van der Waals surface area contributed by atoms with Crippen molar-refractivity contribution in [2.45, 2.75) is 12.8 Å². The van der Waals surface area contributed by atoms with E-state index in [1.165, 1.54) is 5.69 Å². The van der Waals surface area contributed by atoms with E-state index in [1.54, 1.807) is 7.11 Å². The van der Waals surface area contributed by atoms with Gasteiger partial charge in [0.2, 0.25) is 5.91 Å². The summed E-state index contributed by atoms with van der Waals surface area (Å²) in [5.74, 6) is 1.69. The number of nitrogens with one attached hydrogen (secondary N) is 1. The van der Waals surface area contributed by atoms with Gasteiger partial charge >= 0.3 is 0 Å². The summed E-state index contributed by atoms with van der Waals surface area (Å²) in [5.41, 5.74) is 1.29. The molecule has 156 valence electrons. The molecule has 6 heteroatoms. The van der Waals surface area contributed by atoms with Crippen LogP contribution in [0.5, 0.6) is 11.5 Å². The number of anilines is 1. The van der Waals surface area contributed by atoms with Crippen molar-refractivity contribution in [3.8, 4) is 11.5 Å². The molecule has 29 heavy (non-hydrogen) atoms. The van der Waals surface area contributed by atoms with Crippen molar-refractivity contribution < 1.29 is 14.3 Å². The lowest BCUT2D eigenvalue weighted by Crippen LogP contribution is -2.48. The standard InChI is InChI=1S/C23H31N3O3/c1-28-21-9-11-22(12-10-21)29-19-5-8-23(27)24-13-14-25-15-17-26(18-16-25)20-6-3-2-4-7-20/h2-4,6-7,9-12H,5,8,13-19H2,1H3,(H,24,27). The van der Waals surface area contributed by atoms with Crippen LogP contribution in [0.2, 0.25) is 0 Å². The molecule has 1 aliphatic rings. The normalized spacial score (nSPS) is 14.4. The third kappa shape index (κ3) is 6.98. The summed E-state index contributed by atoms with van der Waals surface area (Å²) in [5, 5.41) is 3.02. The highest BCUT2D eigenvalue weighted by molar-refractivity contribution is 5.75. The summed E-state index contributed by atoms with van der Waals surface area (Å²) in [4.78, 5) is 16.8. The van der Waals surface area contributed by atoms with Gasteiger partial charge in [0.05, 0.1) is 13.7 Å². The molecular formula is C23H31N3O3. The van der Waals surface area contributed by atoms with Crippen LogP contribution in [0.25, 0.3) is 0 Å². The number of hydrogen-bond donors (Lipinski definition) is 1. The molecule has 0 atom stereocenters. The maximum Gasteiger partial charge on any atom is 0.220 e. The van der Waals surface area contributed by atoms with Crippen LogP contribution in [0.4, 0.5) is 5.69 Å². The van der Waals surface area contributed by atoms with Gasteiger partial charge in [-0.25, -0.2) is 0 Å². The third-order valence-electron chi connectivity index (χ3n) is 5.12. The minimum absolute atomic E-state index is 0.0891. The third-order valence-corrected chi connectivity index (χ3v) is 5.12. The van der Waals surface area contributed by atoms with E-state index in [9.17, 15) is 4.79 Å². The fourth-order valence-electron chi connectivity index (χ4n) is 3.41. The molecular weight excluding hydrogens is 366 g/mol. The lowest BCUT2D eigenvalue weighted by molar-refractivity contribution is -0.121. The SMILES string of the molecule is COc1ccc(OCCCC(=O)NCCN2CCN(c3ccccc3)CC2)cc1. The Morgan fingerprint density at radius 1 is 0.966 bits per heavy atom. The lowest BCUT2D eigenvalue weighted by atomic mass is 10.2. The molecule has 0 bridgehead atoms. The van der Waals surface area contributed by atoms with Crippen LogP contribution < -0.4 is 19.7 Å². The molecule has 2 aromatic carbocycles. The van der Waals surface area contributed by atoms with E-state index in [0.717, 1.165) is 44.2 Å². The molecule has 1 heterocycles. The second kappa shape index (κ2) is 11.3. The summed E-state index contributed by atoms with van der Waals surface area (Å²) < 4.78 is 10.8. The number of nitrogens with zero attached hydrogens (tertiary/aromatic N) is 2. The smallest absolute Gasteiger partial charge is 0.220 e. The van der Waals surface area contributed by atoms with Crippen LogP contribution in [0.3, 0.4) is 0 Å². The van der Waals surface area contributed by atoms with Crippen molar-refractivity contribution in [2.24, 2.45) is 0 Å². The summed E-state index contributed by atoms with van der Waals surface area (Å²) in [7, 11) is 1.64. The second-order valence-corrected chi connectivity index (χ2v) is 7.14. The van der Waals surface area contributed by atoms with Gasteiger partial charge in [-0.3, -0.25) is 9.69 Å². The first kappa shape index (κ1) is 21.0. The minimum Gasteiger partial charge on any atom is -0.497 e. The molecule has 0 unspecified atom stereocenters. The number of hydrogen-bond acceptors (Lipinski definition) is 5. The molecule has 0 aliphatic carbocycles. The molecule has 0 spiro atoms. The van der Waals surface area contributed by atoms with Gasteiger partial charge in [0.25, 0.3) is 0 Å². The largest absolute Gasteiger partial charge is 0.497 e. The highest BCUT2D eigenvalue weighted by Gasteiger charge is 2.16. The Kier molecular flexibility index (Phi) is 8.19. The summed E-state index contributed by atoms with van der Waals surface area (Å²) >= 11 is 0. The highest BCUT2D eigenvalue weighted by atomic mass is 16.5. The quantitative estimate of drug-likeness (QED) is 0.625. The number of ether oxygens (including phenoxy) is 2. The monoisotopic (exact) mass is 397 g/mol. The number of benzene rings is 2. The topological polar surface area (TPSA) is 54.0 Å². The molecule has 1 amide bonds. The average molecular weight is 398 g/mol. The minimum atomic E-state index is 0.0891. The number of methoxy groups -OCH3 is 1. The second-order valence-electron chi connectivity index (χ2n) is 7.14. The van der Waals surface area contributed by atoms with Crippen molar-refractivity contribution in [1.29, 1.82) is 0 Å². The number of para-hydroxylation sites is 1. The molecule has 3 rings (SSSR count). The Balaban J connectivity index is 1.23.